The second-order valence-electron chi connectivity index (χ2n) is 4.82. The van der Waals surface area contributed by atoms with Gasteiger partial charge in [0, 0.05) is 29.7 Å². The van der Waals surface area contributed by atoms with Crippen LogP contribution in [0.15, 0.2) is 54.6 Å². The summed E-state index contributed by atoms with van der Waals surface area (Å²) >= 11 is 6.05. The topological polar surface area (TPSA) is 3.24 Å². The summed E-state index contributed by atoms with van der Waals surface area (Å²) < 4.78 is 0. The molecule has 2 heteroatoms. The van der Waals surface area contributed by atoms with Crippen LogP contribution in [-0.2, 0) is 0 Å². The third-order valence-electron chi connectivity index (χ3n) is 3.63. The summed E-state index contributed by atoms with van der Waals surface area (Å²) in [5, 5.41) is 0.815. The summed E-state index contributed by atoms with van der Waals surface area (Å²) in [5.41, 5.74) is 2.68. The molecule has 0 aliphatic carbocycles. The summed E-state index contributed by atoms with van der Waals surface area (Å²) in [6, 6.07) is 18.9. The highest BCUT2D eigenvalue weighted by atomic mass is 35.5. The second kappa shape index (κ2) is 5.03. The smallest absolute Gasteiger partial charge is 0.0426 e. The minimum Gasteiger partial charge on any atom is -0.371 e. The van der Waals surface area contributed by atoms with E-state index in [1.54, 1.807) is 0 Å². The molecule has 1 unspecified atom stereocenters. The van der Waals surface area contributed by atoms with Crippen molar-refractivity contribution in [2.75, 3.05) is 18.0 Å². The van der Waals surface area contributed by atoms with E-state index < -0.39 is 0 Å². The van der Waals surface area contributed by atoms with Crippen LogP contribution in [0.3, 0.4) is 0 Å². The van der Waals surface area contributed by atoms with Crippen LogP contribution in [0, 0.1) is 0 Å². The van der Waals surface area contributed by atoms with Gasteiger partial charge in [0.25, 0.3) is 0 Å². The molecule has 1 heterocycles. The van der Waals surface area contributed by atoms with Crippen LogP contribution in [0.4, 0.5) is 5.69 Å². The monoisotopic (exact) mass is 257 g/mol. The summed E-state index contributed by atoms with van der Waals surface area (Å²) in [4.78, 5) is 2.42. The molecule has 1 fully saturated rings. The molecule has 1 atom stereocenters. The molecule has 0 aromatic heterocycles. The van der Waals surface area contributed by atoms with Gasteiger partial charge in [0.2, 0.25) is 0 Å². The Morgan fingerprint density at radius 2 is 1.83 bits per heavy atom. The second-order valence-corrected chi connectivity index (χ2v) is 5.26. The SMILES string of the molecule is Clc1cccc(N2CCC(c3ccccc3)C2)c1. The van der Waals surface area contributed by atoms with Gasteiger partial charge in [0.1, 0.15) is 0 Å². The van der Waals surface area contributed by atoms with Crippen molar-refractivity contribution in [1.29, 1.82) is 0 Å². The van der Waals surface area contributed by atoms with Crippen LogP contribution in [0.2, 0.25) is 5.02 Å². The number of hydrogen-bond donors (Lipinski definition) is 0. The predicted octanol–water partition coefficient (Wildman–Crippen LogP) is 4.33. The lowest BCUT2D eigenvalue weighted by molar-refractivity contribution is 0.775. The lowest BCUT2D eigenvalue weighted by Gasteiger charge is -2.19. The van der Waals surface area contributed by atoms with Gasteiger partial charge in [-0.3, -0.25) is 0 Å². The summed E-state index contributed by atoms with van der Waals surface area (Å²) in [5.74, 6) is 0.644. The molecule has 1 saturated heterocycles. The van der Waals surface area contributed by atoms with Crippen molar-refractivity contribution in [1.82, 2.24) is 0 Å². The summed E-state index contributed by atoms with van der Waals surface area (Å²) in [6.45, 7) is 2.20. The lowest BCUT2D eigenvalue weighted by atomic mass is 9.99. The Hall–Kier alpha value is -1.47. The molecule has 1 aliphatic rings. The molecule has 0 N–H and O–H groups in total. The average molecular weight is 258 g/mol. The molecule has 3 rings (SSSR count). The normalized spacial score (nSPS) is 19.2. The molecule has 2 aromatic carbocycles. The number of nitrogens with zero attached hydrogens (tertiary/aromatic N) is 1. The maximum Gasteiger partial charge on any atom is 0.0426 e. The molecule has 0 saturated carbocycles. The number of hydrogen-bond acceptors (Lipinski definition) is 1. The third kappa shape index (κ3) is 2.37. The highest BCUT2D eigenvalue weighted by Crippen LogP contribution is 2.31. The zero-order chi connectivity index (χ0) is 12.4. The molecule has 0 spiro atoms. The highest BCUT2D eigenvalue weighted by Gasteiger charge is 2.23. The van der Waals surface area contributed by atoms with Crippen molar-refractivity contribution in [3.8, 4) is 0 Å². The quantitative estimate of drug-likeness (QED) is 0.774. The van der Waals surface area contributed by atoms with Crippen molar-refractivity contribution in [3.05, 3.63) is 65.2 Å². The molecule has 18 heavy (non-hydrogen) atoms. The fourth-order valence-corrected chi connectivity index (χ4v) is 2.85. The Balaban J connectivity index is 1.76. The van der Waals surface area contributed by atoms with E-state index in [-0.39, 0.29) is 0 Å². The average Bonchev–Trinajstić information content (AvgIpc) is 2.89. The van der Waals surface area contributed by atoms with E-state index in [0.29, 0.717) is 5.92 Å². The molecule has 0 amide bonds. The number of benzene rings is 2. The molecule has 0 bridgehead atoms. The van der Waals surface area contributed by atoms with E-state index in [4.69, 9.17) is 11.6 Å². The van der Waals surface area contributed by atoms with Crippen LogP contribution in [-0.4, -0.2) is 13.1 Å². The zero-order valence-electron chi connectivity index (χ0n) is 10.2. The molecular formula is C16H16ClN. The first kappa shape index (κ1) is 11.6. The van der Waals surface area contributed by atoms with Crippen LogP contribution < -0.4 is 4.90 Å². The van der Waals surface area contributed by atoms with Crippen LogP contribution in [0.25, 0.3) is 0 Å². The zero-order valence-corrected chi connectivity index (χ0v) is 11.0. The van der Waals surface area contributed by atoms with Crippen molar-refractivity contribution in [2.24, 2.45) is 0 Å². The molecule has 2 aromatic rings. The Morgan fingerprint density at radius 3 is 2.61 bits per heavy atom. The minimum absolute atomic E-state index is 0.644. The maximum atomic E-state index is 6.05. The van der Waals surface area contributed by atoms with Gasteiger partial charge in [-0.1, -0.05) is 48.0 Å². The van der Waals surface area contributed by atoms with Crippen molar-refractivity contribution in [2.45, 2.75) is 12.3 Å². The molecule has 1 aliphatic heterocycles. The maximum absolute atomic E-state index is 6.05. The van der Waals surface area contributed by atoms with Crippen LogP contribution in [0.5, 0.6) is 0 Å². The number of rotatable bonds is 2. The highest BCUT2D eigenvalue weighted by molar-refractivity contribution is 6.30. The first-order valence-corrected chi connectivity index (χ1v) is 6.76. The fourth-order valence-electron chi connectivity index (χ4n) is 2.66. The molecular weight excluding hydrogens is 242 g/mol. The minimum atomic E-state index is 0.644. The first-order valence-electron chi connectivity index (χ1n) is 6.38. The van der Waals surface area contributed by atoms with Gasteiger partial charge in [-0.25, -0.2) is 0 Å². The van der Waals surface area contributed by atoms with Gasteiger partial charge < -0.3 is 4.90 Å². The van der Waals surface area contributed by atoms with E-state index >= 15 is 0 Å². The van der Waals surface area contributed by atoms with Gasteiger partial charge in [0.15, 0.2) is 0 Å². The number of halogens is 1. The van der Waals surface area contributed by atoms with Crippen molar-refractivity contribution < 1.29 is 0 Å². The van der Waals surface area contributed by atoms with E-state index in [9.17, 15) is 0 Å². The Labute approximate surface area is 113 Å². The molecule has 92 valence electrons. The van der Waals surface area contributed by atoms with E-state index in [1.165, 1.54) is 17.7 Å². The summed E-state index contributed by atoms with van der Waals surface area (Å²) in [7, 11) is 0. The van der Waals surface area contributed by atoms with E-state index in [2.05, 4.69) is 47.4 Å². The van der Waals surface area contributed by atoms with Gasteiger partial charge in [-0.15, -0.1) is 0 Å². The van der Waals surface area contributed by atoms with E-state index in [1.807, 2.05) is 12.1 Å². The Bertz CT molecular complexity index is 524. The van der Waals surface area contributed by atoms with Gasteiger partial charge in [0.05, 0.1) is 0 Å². The van der Waals surface area contributed by atoms with Crippen LogP contribution in [0.1, 0.15) is 17.9 Å². The molecule has 0 radical (unpaired) electrons. The fraction of sp³-hybridized carbons (Fsp3) is 0.250. The van der Waals surface area contributed by atoms with Crippen molar-refractivity contribution >= 4 is 17.3 Å². The summed E-state index contributed by atoms with van der Waals surface area (Å²) in [6.07, 6.45) is 1.22. The van der Waals surface area contributed by atoms with Gasteiger partial charge >= 0.3 is 0 Å². The van der Waals surface area contributed by atoms with Gasteiger partial charge in [-0.2, -0.15) is 0 Å². The first-order chi connectivity index (χ1) is 8.83. The van der Waals surface area contributed by atoms with Gasteiger partial charge in [-0.05, 0) is 30.2 Å². The third-order valence-corrected chi connectivity index (χ3v) is 3.87. The Kier molecular flexibility index (Phi) is 3.24. The van der Waals surface area contributed by atoms with E-state index in [0.717, 1.165) is 18.1 Å². The number of anilines is 1. The predicted molar refractivity (Wildman–Crippen MR) is 77.5 cm³/mol. The lowest BCUT2D eigenvalue weighted by Crippen LogP contribution is -2.18. The molecule has 1 nitrogen and oxygen atoms in total. The van der Waals surface area contributed by atoms with Crippen molar-refractivity contribution in [3.63, 3.8) is 0 Å². The Morgan fingerprint density at radius 1 is 1.00 bits per heavy atom. The van der Waals surface area contributed by atoms with Crippen LogP contribution >= 0.6 is 11.6 Å². The largest absolute Gasteiger partial charge is 0.371 e. The standard InChI is InChI=1S/C16H16ClN/c17-15-7-4-8-16(11-15)18-10-9-14(12-18)13-5-2-1-3-6-13/h1-8,11,14H,9-10,12H2.